The van der Waals surface area contributed by atoms with E-state index in [4.69, 9.17) is 9.84 Å². The SMILES string of the molecule is CCCCCCCCOC(=O)CO.[Na]. The summed E-state index contributed by atoms with van der Waals surface area (Å²) in [6.45, 7) is 2.13. The number of carbonyl (C=O) groups excluding carboxylic acids is 1. The van der Waals surface area contributed by atoms with E-state index in [-0.39, 0.29) is 29.6 Å². The van der Waals surface area contributed by atoms with E-state index in [0.29, 0.717) is 6.61 Å². The van der Waals surface area contributed by atoms with Crippen LogP contribution in [0.25, 0.3) is 0 Å². The van der Waals surface area contributed by atoms with Gasteiger partial charge in [-0.3, -0.25) is 0 Å². The number of esters is 1. The Bertz CT molecular complexity index is 129. The normalized spacial score (nSPS) is 9.29. The zero-order valence-electron chi connectivity index (χ0n) is 9.42. The van der Waals surface area contributed by atoms with E-state index in [2.05, 4.69) is 6.92 Å². The molecule has 79 valence electrons. The van der Waals surface area contributed by atoms with Crippen molar-refractivity contribution in [3.05, 3.63) is 0 Å². The van der Waals surface area contributed by atoms with Gasteiger partial charge in [-0.25, -0.2) is 4.79 Å². The van der Waals surface area contributed by atoms with Gasteiger partial charge in [0.1, 0.15) is 6.61 Å². The van der Waals surface area contributed by atoms with Gasteiger partial charge in [-0.1, -0.05) is 39.0 Å². The maximum absolute atomic E-state index is 10.5. The molecule has 0 bridgehead atoms. The maximum Gasteiger partial charge on any atom is 0.331 e. The molecule has 0 fully saturated rings. The van der Waals surface area contributed by atoms with E-state index in [1.165, 1.54) is 25.7 Å². The van der Waals surface area contributed by atoms with Crippen molar-refractivity contribution in [1.82, 2.24) is 0 Å². The molecular weight excluding hydrogens is 191 g/mol. The Morgan fingerprint density at radius 1 is 1.14 bits per heavy atom. The van der Waals surface area contributed by atoms with Crippen LogP contribution in [-0.4, -0.2) is 53.8 Å². The van der Waals surface area contributed by atoms with Gasteiger partial charge in [0.2, 0.25) is 0 Å². The summed E-state index contributed by atoms with van der Waals surface area (Å²) in [6, 6.07) is 0. The fraction of sp³-hybridized carbons (Fsp3) is 0.900. The van der Waals surface area contributed by atoms with Crippen LogP contribution >= 0.6 is 0 Å². The molecule has 0 heterocycles. The molecule has 4 heteroatoms. The number of carbonyl (C=O) groups is 1. The third-order valence-corrected chi connectivity index (χ3v) is 1.89. The number of hydrogen-bond donors (Lipinski definition) is 1. The van der Waals surface area contributed by atoms with Crippen LogP contribution in [-0.2, 0) is 9.53 Å². The Kier molecular flexibility index (Phi) is 16.2. The van der Waals surface area contributed by atoms with Crippen molar-refractivity contribution in [3.8, 4) is 0 Å². The minimum absolute atomic E-state index is 0. The van der Waals surface area contributed by atoms with E-state index < -0.39 is 12.6 Å². The Morgan fingerprint density at radius 3 is 2.29 bits per heavy atom. The number of aliphatic hydroxyl groups excluding tert-OH is 1. The Morgan fingerprint density at radius 2 is 1.71 bits per heavy atom. The first-order valence-electron chi connectivity index (χ1n) is 5.07. The molecule has 0 unspecified atom stereocenters. The Labute approximate surface area is 109 Å². The van der Waals surface area contributed by atoms with Gasteiger partial charge in [0, 0.05) is 29.6 Å². The molecule has 3 nitrogen and oxygen atoms in total. The van der Waals surface area contributed by atoms with Crippen LogP contribution in [0.2, 0.25) is 0 Å². The molecule has 14 heavy (non-hydrogen) atoms. The summed E-state index contributed by atoms with van der Waals surface area (Å²) < 4.78 is 4.71. The second-order valence-corrected chi connectivity index (χ2v) is 3.15. The molecule has 0 saturated heterocycles. The maximum atomic E-state index is 10.5. The van der Waals surface area contributed by atoms with Crippen LogP contribution in [0, 0.1) is 0 Å². The number of rotatable bonds is 8. The van der Waals surface area contributed by atoms with Crippen molar-refractivity contribution >= 4 is 35.5 Å². The van der Waals surface area contributed by atoms with E-state index in [0.717, 1.165) is 12.8 Å². The van der Waals surface area contributed by atoms with Crippen LogP contribution in [0.4, 0.5) is 0 Å². The second-order valence-electron chi connectivity index (χ2n) is 3.15. The summed E-state index contributed by atoms with van der Waals surface area (Å²) in [5, 5.41) is 8.33. The predicted molar refractivity (Wildman–Crippen MR) is 57.2 cm³/mol. The third kappa shape index (κ3) is 12.4. The van der Waals surface area contributed by atoms with Gasteiger partial charge >= 0.3 is 5.97 Å². The number of ether oxygens (including phenoxy) is 1. The van der Waals surface area contributed by atoms with Gasteiger partial charge < -0.3 is 9.84 Å². The quantitative estimate of drug-likeness (QED) is 0.376. The van der Waals surface area contributed by atoms with Crippen LogP contribution in [0.1, 0.15) is 45.4 Å². The molecule has 0 amide bonds. The third-order valence-electron chi connectivity index (χ3n) is 1.89. The minimum atomic E-state index is -0.520. The molecular formula is C10H20NaO3. The number of unbranched alkanes of at least 4 members (excludes halogenated alkanes) is 5. The molecule has 0 aliphatic rings. The Hall–Kier alpha value is 0.430. The van der Waals surface area contributed by atoms with Crippen LogP contribution < -0.4 is 0 Å². The molecule has 0 aromatic heterocycles. The van der Waals surface area contributed by atoms with Gasteiger partial charge in [-0.2, -0.15) is 0 Å². The van der Waals surface area contributed by atoms with Crippen molar-refractivity contribution in [1.29, 1.82) is 0 Å². The fourth-order valence-electron chi connectivity index (χ4n) is 1.11. The van der Waals surface area contributed by atoms with Gasteiger partial charge in [0.15, 0.2) is 0 Å². The first-order valence-corrected chi connectivity index (χ1v) is 5.07. The molecule has 0 saturated carbocycles. The first-order chi connectivity index (χ1) is 6.31. The van der Waals surface area contributed by atoms with Crippen molar-refractivity contribution in [2.45, 2.75) is 45.4 Å². The molecule has 0 aliphatic heterocycles. The predicted octanol–water partition coefficient (Wildman–Crippen LogP) is 1.50. The number of aliphatic hydroxyl groups is 1. The Balaban J connectivity index is 0. The van der Waals surface area contributed by atoms with Crippen LogP contribution in [0.5, 0.6) is 0 Å². The summed E-state index contributed by atoms with van der Waals surface area (Å²) in [5.74, 6) is -0.520. The molecule has 0 atom stereocenters. The molecule has 1 N–H and O–H groups in total. The van der Waals surface area contributed by atoms with Crippen molar-refractivity contribution < 1.29 is 14.6 Å². The molecule has 1 radical (unpaired) electrons. The van der Waals surface area contributed by atoms with E-state index in [1.54, 1.807) is 0 Å². The monoisotopic (exact) mass is 211 g/mol. The fourth-order valence-corrected chi connectivity index (χ4v) is 1.11. The number of hydrogen-bond acceptors (Lipinski definition) is 3. The van der Waals surface area contributed by atoms with Crippen molar-refractivity contribution in [2.24, 2.45) is 0 Å². The smallest absolute Gasteiger partial charge is 0.331 e. The second kappa shape index (κ2) is 13.4. The summed E-state index contributed by atoms with van der Waals surface area (Å²) in [4.78, 5) is 10.5. The van der Waals surface area contributed by atoms with Gasteiger partial charge in [-0.15, -0.1) is 0 Å². The summed E-state index contributed by atoms with van der Waals surface area (Å²) in [5.41, 5.74) is 0. The van der Waals surface area contributed by atoms with Crippen LogP contribution in [0.15, 0.2) is 0 Å². The topological polar surface area (TPSA) is 46.5 Å². The van der Waals surface area contributed by atoms with Crippen LogP contribution in [0.3, 0.4) is 0 Å². The zero-order chi connectivity index (χ0) is 9.94. The van der Waals surface area contributed by atoms with Gasteiger partial charge in [0.25, 0.3) is 0 Å². The first kappa shape index (κ1) is 16.8. The van der Waals surface area contributed by atoms with E-state index >= 15 is 0 Å². The minimum Gasteiger partial charge on any atom is -0.464 e. The van der Waals surface area contributed by atoms with E-state index in [9.17, 15) is 4.79 Å². The van der Waals surface area contributed by atoms with Gasteiger partial charge in [0.05, 0.1) is 6.61 Å². The van der Waals surface area contributed by atoms with E-state index in [1.807, 2.05) is 0 Å². The molecule has 0 spiro atoms. The summed E-state index contributed by atoms with van der Waals surface area (Å²) in [7, 11) is 0. The zero-order valence-corrected chi connectivity index (χ0v) is 11.4. The standard InChI is InChI=1S/C10H20O3.Na/c1-2-3-4-5-6-7-8-13-10(12)9-11;/h11H,2-9H2,1H3;. The molecule has 0 rings (SSSR count). The average Bonchev–Trinajstić information content (AvgIpc) is 2.16. The average molecular weight is 211 g/mol. The molecule has 0 aromatic rings. The summed E-state index contributed by atoms with van der Waals surface area (Å²) >= 11 is 0. The van der Waals surface area contributed by atoms with Gasteiger partial charge in [-0.05, 0) is 6.42 Å². The summed E-state index contributed by atoms with van der Waals surface area (Å²) in [6.07, 6.45) is 7.04. The molecule has 0 aliphatic carbocycles. The largest absolute Gasteiger partial charge is 0.464 e. The van der Waals surface area contributed by atoms with Crippen molar-refractivity contribution in [3.63, 3.8) is 0 Å². The molecule has 0 aromatic carbocycles. The van der Waals surface area contributed by atoms with Crippen molar-refractivity contribution in [2.75, 3.05) is 13.2 Å².